The van der Waals surface area contributed by atoms with Crippen LogP contribution in [0.5, 0.6) is 5.75 Å². The molecule has 1 amide bonds. The van der Waals surface area contributed by atoms with Crippen molar-refractivity contribution in [3.8, 4) is 5.75 Å². The largest absolute Gasteiger partial charge is 0.497 e. The quantitative estimate of drug-likeness (QED) is 0.763. The Morgan fingerprint density at radius 1 is 1.30 bits per heavy atom. The van der Waals surface area contributed by atoms with Crippen LogP contribution in [0.25, 0.3) is 0 Å². The predicted octanol–water partition coefficient (Wildman–Crippen LogP) is 2.53. The highest BCUT2D eigenvalue weighted by atomic mass is 16.5. The van der Waals surface area contributed by atoms with E-state index >= 15 is 0 Å². The van der Waals surface area contributed by atoms with Crippen LogP contribution in [0.2, 0.25) is 0 Å². The first-order chi connectivity index (χ1) is 10.9. The third-order valence-electron chi connectivity index (χ3n) is 3.22. The van der Waals surface area contributed by atoms with Crippen LogP contribution in [0.15, 0.2) is 42.6 Å². The van der Waals surface area contributed by atoms with E-state index in [9.17, 15) is 9.90 Å². The Morgan fingerprint density at radius 2 is 2.09 bits per heavy atom. The molecule has 0 radical (unpaired) electrons. The lowest BCUT2D eigenvalue weighted by atomic mass is 10.1. The minimum absolute atomic E-state index is 0.0109. The number of hydrogen-bond acceptors (Lipinski definition) is 5. The van der Waals surface area contributed by atoms with Gasteiger partial charge in [-0.3, -0.25) is 4.79 Å². The van der Waals surface area contributed by atoms with E-state index in [-0.39, 0.29) is 12.5 Å². The first kappa shape index (κ1) is 16.8. The first-order valence-corrected chi connectivity index (χ1v) is 7.24. The molecule has 0 aliphatic heterocycles. The molecule has 23 heavy (non-hydrogen) atoms. The van der Waals surface area contributed by atoms with Gasteiger partial charge in [-0.1, -0.05) is 6.07 Å². The summed E-state index contributed by atoms with van der Waals surface area (Å²) < 4.78 is 5.11. The fraction of sp³-hybridized carbons (Fsp3) is 0.294. The van der Waals surface area contributed by atoms with Crippen LogP contribution < -0.4 is 15.4 Å². The second kappa shape index (κ2) is 7.11. The van der Waals surface area contributed by atoms with E-state index in [0.29, 0.717) is 22.8 Å². The average Bonchev–Trinajstić information content (AvgIpc) is 2.56. The summed E-state index contributed by atoms with van der Waals surface area (Å²) >= 11 is 0. The summed E-state index contributed by atoms with van der Waals surface area (Å²) in [5.41, 5.74) is 0.636. The van der Waals surface area contributed by atoms with Crippen molar-refractivity contribution in [3.05, 3.63) is 48.2 Å². The highest BCUT2D eigenvalue weighted by molar-refractivity contribution is 6.04. The zero-order valence-corrected chi connectivity index (χ0v) is 13.5. The minimum atomic E-state index is -0.460. The van der Waals surface area contributed by atoms with Crippen molar-refractivity contribution in [2.24, 2.45) is 0 Å². The van der Waals surface area contributed by atoms with Gasteiger partial charge in [-0.25, -0.2) is 4.98 Å². The van der Waals surface area contributed by atoms with E-state index < -0.39 is 5.54 Å². The molecule has 3 N–H and O–H groups in total. The Labute approximate surface area is 135 Å². The van der Waals surface area contributed by atoms with Gasteiger partial charge in [0.15, 0.2) is 0 Å². The van der Waals surface area contributed by atoms with Gasteiger partial charge in [-0.05, 0) is 44.2 Å². The summed E-state index contributed by atoms with van der Waals surface area (Å²) in [7, 11) is 1.56. The Bertz CT molecular complexity index is 669. The molecule has 1 heterocycles. The van der Waals surface area contributed by atoms with Crippen molar-refractivity contribution >= 4 is 17.4 Å². The number of nitrogens with zero attached hydrogens (tertiary/aromatic N) is 1. The summed E-state index contributed by atoms with van der Waals surface area (Å²) in [6.07, 6.45) is 1.56. The van der Waals surface area contributed by atoms with Gasteiger partial charge in [-0.2, -0.15) is 0 Å². The van der Waals surface area contributed by atoms with Crippen molar-refractivity contribution in [1.29, 1.82) is 0 Å². The van der Waals surface area contributed by atoms with Gasteiger partial charge in [0.1, 0.15) is 11.6 Å². The lowest BCUT2D eigenvalue weighted by Crippen LogP contribution is -2.35. The molecular weight excluding hydrogens is 294 g/mol. The first-order valence-electron chi connectivity index (χ1n) is 7.24. The molecular formula is C17H21N3O3. The van der Waals surface area contributed by atoms with Crippen molar-refractivity contribution in [2.75, 3.05) is 24.4 Å². The molecule has 6 heteroatoms. The van der Waals surface area contributed by atoms with Crippen molar-refractivity contribution in [1.82, 2.24) is 4.98 Å². The van der Waals surface area contributed by atoms with Gasteiger partial charge >= 0.3 is 0 Å². The number of methoxy groups -OCH3 is 1. The number of benzene rings is 1. The summed E-state index contributed by atoms with van der Waals surface area (Å²) in [6, 6.07) is 10.4. The van der Waals surface area contributed by atoms with E-state index in [1.807, 2.05) is 13.8 Å². The topological polar surface area (TPSA) is 83.5 Å². The van der Waals surface area contributed by atoms with Crippen molar-refractivity contribution < 1.29 is 14.6 Å². The Hall–Kier alpha value is -2.60. The molecule has 2 aromatic rings. The van der Waals surface area contributed by atoms with Crippen LogP contribution >= 0.6 is 0 Å². The normalized spacial score (nSPS) is 11.0. The number of hydrogen-bond donors (Lipinski definition) is 3. The number of aliphatic hydroxyl groups excluding tert-OH is 1. The molecule has 0 saturated heterocycles. The van der Waals surface area contributed by atoms with Crippen LogP contribution in [-0.2, 0) is 0 Å². The van der Waals surface area contributed by atoms with Gasteiger partial charge in [0, 0.05) is 5.56 Å². The number of anilines is 2. The third-order valence-corrected chi connectivity index (χ3v) is 3.22. The molecule has 122 valence electrons. The SMILES string of the molecule is COc1cccc(C(=O)Nc2ccc(NC(C)(C)CO)nc2)c1. The molecule has 0 fully saturated rings. The number of nitrogens with one attached hydrogen (secondary N) is 2. The van der Waals surface area contributed by atoms with Gasteiger partial charge < -0.3 is 20.5 Å². The van der Waals surface area contributed by atoms with Crippen LogP contribution in [0.4, 0.5) is 11.5 Å². The zero-order chi connectivity index (χ0) is 16.9. The molecule has 0 bridgehead atoms. The molecule has 0 unspecified atom stereocenters. The van der Waals surface area contributed by atoms with E-state index in [1.165, 1.54) is 0 Å². The smallest absolute Gasteiger partial charge is 0.255 e. The molecule has 1 aromatic carbocycles. The minimum Gasteiger partial charge on any atom is -0.497 e. The second-order valence-electron chi connectivity index (χ2n) is 5.79. The highest BCUT2D eigenvalue weighted by Crippen LogP contribution is 2.17. The number of aromatic nitrogens is 1. The lowest BCUT2D eigenvalue weighted by molar-refractivity contribution is 0.102. The molecule has 0 aliphatic carbocycles. The van der Waals surface area contributed by atoms with E-state index in [4.69, 9.17) is 4.74 Å². The van der Waals surface area contributed by atoms with Gasteiger partial charge in [0.2, 0.25) is 0 Å². The Morgan fingerprint density at radius 3 is 2.70 bits per heavy atom. The number of rotatable bonds is 6. The molecule has 0 atom stereocenters. The van der Waals surface area contributed by atoms with Crippen molar-refractivity contribution in [2.45, 2.75) is 19.4 Å². The molecule has 1 aromatic heterocycles. The van der Waals surface area contributed by atoms with Crippen LogP contribution in [0, 0.1) is 0 Å². The summed E-state index contributed by atoms with van der Waals surface area (Å²) in [4.78, 5) is 16.4. The maximum Gasteiger partial charge on any atom is 0.255 e. The van der Waals surface area contributed by atoms with Crippen LogP contribution in [-0.4, -0.2) is 35.3 Å². The maximum absolute atomic E-state index is 12.2. The number of aliphatic hydroxyl groups is 1. The second-order valence-corrected chi connectivity index (χ2v) is 5.79. The Balaban J connectivity index is 2.04. The van der Waals surface area contributed by atoms with E-state index in [0.717, 1.165) is 0 Å². The van der Waals surface area contributed by atoms with Crippen LogP contribution in [0.1, 0.15) is 24.2 Å². The monoisotopic (exact) mass is 315 g/mol. The molecule has 0 aliphatic rings. The number of pyridine rings is 1. The molecule has 6 nitrogen and oxygen atoms in total. The number of carbonyl (C=O) groups is 1. The van der Waals surface area contributed by atoms with Crippen LogP contribution in [0.3, 0.4) is 0 Å². The van der Waals surface area contributed by atoms with Gasteiger partial charge in [-0.15, -0.1) is 0 Å². The number of ether oxygens (including phenoxy) is 1. The third kappa shape index (κ3) is 4.69. The molecule has 2 rings (SSSR count). The number of amides is 1. The fourth-order valence-corrected chi connectivity index (χ4v) is 1.90. The predicted molar refractivity (Wildman–Crippen MR) is 90.0 cm³/mol. The fourth-order valence-electron chi connectivity index (χ4n) is 1.90. The van der Waals surface area contributed by atoms with Gasteiger partial charge in [0.25, 0.3) is 5.91 Å². The van der Waals surface area contributed by atoms with Crippen molar-refractivity contribution in [3.63, 3.8) is 0 Å². The Kier molecular flexibility index (Phi) is 5.18. The van der Waals surface area contributed by atoms with E-state index in [2.05, 4.69) is 15.6 Å². The summed E-state index contributed by atoms with van der Waals surface area (Å²) in [6.45, 7) is 3.73. The standard InChI is InChI=1S/C17H21N3O3/c1-17(2,11-21)20-15-8-7-13(10-18-15)19-16(22)12-5-4-6-14(9-12)23-3/h4-10,21H,11H2,1-3H3,(H,18,20)(H,19,22). The molecule has 0 spiro atoms. The zero-order valence-electron chi connectivity index (χ0n) is 13.5. The van der Waals surface area contributed by atoms with E-state index in [1.54, 1.807) is 49.7 Å². The maximum atomic E-state index is 12.2. The highest BCUT2D eigenvalue weighted by Gasteiger charge is 2.16. The summed E-state index contributed by atoms with van der Waals surface area (Å²) in [5.74, 6) is 1.02. The van der Waals surface area contributed by atoms with Gasteiger partial charge in [0.05, 0.1) is 31.1 Å². The summed E-state index contributed by atoms with van der Waals surface area (Å²) in [5, 5.41) is 15.1. The molecule has 0 saturated carbocycles. The average molecular weight is 315 g/mol. The lowest BCUT2D eigenvalue weighted by Gasteiger charge is -2.24. The number of carbonyl (C=O) groups excluding carboxylic acids is 1.